The van der Waals surface area contributed by atoms with Crippen molar-refractivity contribution in [3.05, 3.63) is 28.7 Å². The second-order valence-electron chi connectivity index (χ2n) is 2.81. The standard InChI is InChI=1S/C10H13NO4/c1-3-15-9(12)7-11-6-4-5-8(14-2)10(11)13/h4-6H,3,7H2,1-2H3. The largest absolute Gasteiger partial charge is 0.491 e. The Morgan fingerprint density at radius 3 is 2.87 bits per heavy atom. The fourth-order valence-corrected chi connectivity index (χ4v) is 1.14. The summed E-state index contributed by atoms with van der Waals surface area (Å²) in [6.07, 6.45) is 1.52. The van der Waals surface area contributed by atoms with Gasteiger partial charge < -0.3 is 14.0 Å². The minimum absolute atomic E-state index is 0.0934. The number of ether oxygens (including phenoxy) is 2. The van der Waals surface area contributed by atoms with Gasteiger partial charge in [-0.2, -0.15) is 0 Å². The predicted octanol–water partition coefficient (Wildman–Crippen LogP) is 0.420. The molecule has 0 atom stereocenters. The number of methoxy groups -OCH3 is 1. The molecule has 0 saturated heterocycles. The molecule has 0 saturated carbocycles. The predicted molar refractivity (Wildman–Crippen MR) is 53.9 cm³/mol. The van der Waals surface area contributed by atoms with E-state index in [-0.39, 0.29) is 17.9 Å². The molecule has 0 unspecified atom stereocenters. The summed E-state index contributed by atoms with van der Waals surface area (Å²) >= 11 is 0. The second-order valence-corrected chi connectivity index (χ2v) is 2.81. The van der Waals surface area contributed by atoms with Crippen LogP contribution in [-0.4, -0.2) is 24.3 Å². The van der Waals surface area contributed by atoms with Crippen LogP contribution in [0, 0.1) is 0 Å². The molecule has 15 heavy (non-hydrogen) atoms. The Kier molecular flexibility index (Phi) is 3.91. The smallest absolute Gasteiger partial charge is 0.326 e. The zero-order chi connectivity index (χ0) is 11.3. The highest BCUT2D eigenvalue weighted by atomic mass is 16.5. The van der Waals surface area contributed by atoms with Gasteiger partial charge in [0, 0.05) is 6.20 Å². The van der Waals surface area contributed by atoms with E-state index >= 15 is 0 Å². The third kappa shape index (κ3) is 2.83. The zero-order valence-electron chi connectivity index (χ0n) is 8.73. The first kappa shape index (κ1) is 11.3. The summed E-state index contributed by atoms with van der Waals surface area (Å²) in [7, 11) is 1.41. The van der Waals surface area contributed by atoms with Crippen molar-refractivity contribution >= 4 is 5.97 Å². The zero-order valence-corrected chi connectivity index (χ0v) is 8.73. The lowest BCUT2D eigenvalue weighted by molar-refractivity contribution is -0.143. The van der Waals surface area contributed by atoms with E-state index in [0.29, 0.717) is 6.61 Å². The lowest BCUT2D eigenvalue weighted by atomic mass is 10.4. The Labute approximate surface area is 87.2 Å². The Balaban J connectivity index is 2.86. The molecule has 0 aliphatic heterocycles. The van der Waals surface area contributed by atoms with Gasteiger partial charge in [-0.1, -0.05) is 0 Å². The number of esters is 1. The van der Waals surface area contributed by atoms with Crippen LogP contribution in [-0.2, 0) is 16.1 Å². The summed E-state index contributed by atoms with van der Waals surface area (Å²) in [4.78, 5) is 22.7. The van der Waals surface area contributed by atoms with Gasteiger partial charge >= 0.3 is 5.97 Å². The van der Waals surface area contributed by atoms with E-state index in [1.54, 1.807) is 19.1 Å². The van der Waals surface area contributed by atoms with E-state index in [4.69, 9.17) is 9.47 Å². The summed E-state index contributed by atoms with van der Waals surface area (Å²) in [6.45, 7) is 1.92. The third-order valence-corrected chi connectivity index (χ3v) is 1.81. The van der Waals surface area contributed by atoms with Crippen LogP contribution in [0.1, 0.15) is 6.92 Å². The first-order valence-electron chi connectivity index (χ1n) is 4.58. The van der Waals surface area contributed by atoms with Crippen LogP contribution in [0.2, 0.25) is 0 Å². The van der Waals surface area contributed by atoms with Crippen LogP contribution < -0.4 is 10.3 Å². The van der Waals surface area contributed by atoms with E-state index in [0.717, 1.165) is 0 Å². The molecule has 0 spiro atoms. The van der Waals surface area contributed by atoms with Crippen LogP contribution in [0.4, 0.5) is 0 Å². The lowest BCUT2D eigenvalue weighted by Crippen LogP contribution is -2.25. The van der Waals surface area contributed by atoms with Crippen molar-refractivity contribution in [3.63, 3.8) is 0 Å². The van der Waals surface area contributed by atoms with Crippen molar-refractivity contribution in [2.24, 2.45) is 0 Å². The summed E-state index contributed by atoms with van der Waals surface area (Å²) in [5.41, 5.74) is -0.340. The normalized spacial score (nSPS) is 9.73. The maximum atomic E-state index is 11.6. The van der Waals surface area contributed by atoms with Crippen LogP contribution in [0.5, 0.6) is 5.75 Å². The topological polar surface area (TPSA) is 57.5 Å². The molecule has 0 aliphatic carbocycles. The van der Waals surface area contributed by atoms with Crippen molar-refractivity contribution < 1.29 is 14.3 Å². The molecule has 0 N–H and O–H groups in total. The first-order valence-corrected chi connectivity index (χ1v) is 4.58. The summed E-state index contributed by atoms with van der Waals surface area (Å²) in [5.74, 6) is -0.227. The molecule has 5 heteroatoms. The maximum absolute atomic E-state index is 11.6. The Morgan fingerprint density at radius 2 is 2.27 bits per heavy atom. The Hall–Kier alpha value is -1.78. The molecule has 0 amide bonds. The molecule has 0 bridgehead atoms. The van der Waals surface area contributed by atoms with Crippen molar-refractivity contribution in [1.29, 1.82) is 0 Å². The molecular weight excluding hydrogens is 198 g/mol. The molecule has 5 nitrogen and oxygen atoms in total. The van der Waals surface area contributed by atoms with Crippen LogP contribution in [0.15, 0.2) is 23.1 Å². The number of nitrogens with zero attached hydrogens (tertiary/aromatic N) is 1. The number of carbonyl (C=O) groups is 1. The van der Waals surface area contributed by atoms with Gasteiger partial charge in [0.05, 0.1) is 13.7 Å². The van der Waals surface area contributed by atoms with Crippen molar-refractivity contribution in [2.45, 2.75) is 13.5 Å². The van der Waals surface area contributed by atoms with Gasteiger partial charge in [-0.25, -0.2) is 0 Å². The fraction of sp³-hybridized carbons (Fsp3) is 0.400. The van der Waals surface area contributed by atoms with Gasteiger partial charge in [-0.05, 0) is 19.1 Å². The molecule has 0 fully saturated rings. The highest BCUT2D eigenvalue weighted by molar-refractivity contribution is 5.69. The Bertz CT molecular complexity index is 397. The van der Waals surface area contributed by atoms with Crippen molar-refractivity contribution in [1.82, 2.24) is 4.57 Å². The van der Waals surface area contributed by atoms with Crippen LogP contribution in [0.3, 0.4) is 0 Å². The minimum atomic E-state index is -0.437. The number of hydrogen-bond donors (Lipinski definition) is 0. The van der Waals surface area contributed by atoms with E-state index in [1.165, 1.54) is 17.9 Å². The highest BCUT2D eigenvalue weighted by Crippen LogP contribution is 2.00. The minimum Gasteiger partial charge on any atom is -0.491 e. The first-order chi connectivity index (χ1) is 7.19. The SMILES string of the molecule is CCOC(=O)Cn1cccc(OC)c1=O. The lowest BCUT2D eigenvalue weighted by Gasteiger charge is -2.06. The third-order valence-electron chi connectivity index (χ3n) is 1.81. The van der Waals surface area contributed by atoms with E-state index in [9.17, 15) is 9.59 Å². The molecule has 0 aromatic carbocycles. The molecular formula is C10H13NO4. The number of rotatable bonds is 4. The van der Waals surface area contributed by atoms with Gasteiger partial charge in [-0.3, -0.25) is 9.59 Å². The number of aromatic nitrogens is 1. The van der Waals surface area contributed by atoms with E-state index < -0.39 is 5.97 Å². The summed E-state index contributed by atoms with van der Waals surface area (Å²) in [6, 6.07) is 3.18. The molecule has 1 heterocycles. The average molecular weight is 211 g/mol. The molecule has 1 aromatic heterocycles. The number of hydrogen-bond acceptors (Lipinski definition) is 4. The molecule has 0 radical (unpaired) electrons. The maximum Gasteiger partial charge on any atom is 0.326 e. The highest BCUT2D eigenvalue weighted by Gasteiger charge is 2.07. The Morgan fingerprint density at radius 1 is 1.53 bits per heavy atom. The van der Waals surface area contributed by atoms with Crippen LogP contribution >= 0.6 is 0 Å². The van der Waals surface area contributed by atoms with Gasteiger partial charge in [0.15, 0.2) is 5.75 Å². The fourth-order valence-electron chi connectivity index (χ4n) is 1.14. The van der Waals surface area contributed by atoms with Gasteiger partial charge in [0.2, 0.25) is 0 Å². The van der Waals surface area contributed by atoms with Gasteiger partial charge in [0.1, 0.15) is 6.54 Å². The average Bonchev–Trinajstić information content (AvgIpc) is 2.21. The van der Waals surface area contributed by atoms with E-state index in [1.807, 2.05) is 0 Å². The molecule has 0 aliphatic rings. The van der Waals surface area contributed by atoms with E-state index in [2.05, 4.69) is 0 Å². The van der Waals surface area contributed by atoms with Gasteiger partial charge in [-0.15, -0.1) is 0 Å². The summed E-state index contributed by atoms with van der Waals surface area (Å²) in [5, 5.41) is 0. The van der Waals surface area contributed by atoms with Crippen molar-refractivity contribution in [3.8, 4) is 5.75 Å². The van der Waals surface area contributed by atoms with Crippen molar-refractivity contribution in [2.75, 3.05) is 13.7 Å². The molecule has 82 valence electrons. The number of carbonyl (C=O) groups excluding carboxylic acids is 1. The monoisotopic (exact) mass is 211 g/mol. The quantitative estimate of drug-likeness (QED) is 0.677. The van der Waals surface area contributed by atoms with Gasteiger partial charge in [0.25, 0.3) is 5.56 Å². The van der Waals surface area contributed by atoms with Crippen LogP contribution in [0.25, 0.3) is 0 Å². The second kappa shape index (κ2) is 5.19. The molecule has 1 rings (SSSR count). The summed E-state index contributed by atoms with van der Waals surface area (Å²) < 4.78 is 10.8. The molecule has 1 aromatic rings. The number of pyridine rings is 1.